The molecule has 0 bridgehead atoms. The van der Waals surface area contributed by atoms with Gasteiger partial charge in [-0.2, -0.15) is 5.10 Å². The number of rotatable bonds is 7. The van der Waals surface area contributed by atoms with Crippen LogP contribution in [0.4, 0.5) is 5.69 Å². The van der Waals surface area contributed by atoms with Crippen LogP contribution in [-0.4, -0.2) is 30.0 Å². The second kappa shape index (κ2) is 10.1. The van der Waals surface area contributed by atoms with E-state index in [4.69, 9.17) is 11.6 Å². The first-order valence-corrected chi connectivity index (χ1v) is 12.0. The maximum absolute atomic E-state index is 12.7. The summed E-state index contributed by atoms with van der Waals surface area (Å²) in [5.74, 6) is -1.07. The van der Waals surface area contributed by atoms with Gasteiger partial charge in [0.1, 0.15) is 5.69 Å². The number of carbonyl (C=O) groups is 2. The summed E-state index contributed by atoms with van der Waals surface area (Å²) in [7, 11) is -3.99. The monoisotopic (exact) mass is 489 g/mol. The number of aryl methyl sites for hydroxylation is 1. The lowest BCUT2D eigenvalue weighted by Gasteiger charge is -2.11. The number of sulfonamides is 1. The van der Waals surface area contributed by atoms with Crippen molar-refractivity contribution in [3.05, 3.63) is 76.6 Å². The maximum Gasteiger partial charge on any atom is 0.287 e. The minimum Gasteiger partial charge on any atom is -0.278 e. The standard InChI is InChI=1S/C22H24ClN5O4S/c1-4-28-20(13-19(26-28)14(2)3)22(30)25-24-21(29)15-8-7-9-16(12-15)33(31,32)27-18-11-6-5-10-17(18)23/h5-14,27H,4H2,1-3H3,(H,24,29)(H,25,30). The summed E-state index contributed by atoms with van der Waals surface area (Å²) in [6.07, 6.45) is 0. The molecule has 0 radical (unpaired) electrons. The van der Waals surface area contributed by atoms with Crippen molar-refractivity contribution >= 4 is 39.1 Å². The number of nitrogens with zero attached hydrogens (tertiary/aromatic N) is 2. The van der Waals surface area contributed by atoms with E-state index < -0.39 is 21.8 Å². The average Bonchev–Trinajstić information content (AvgIpc) is 3.24. The first kappa shape index (κ1) is 24.3. The van der Waals surface area contributed by atoms with Crippen LogP contribution in [0.2, 0.25) is 5.02 Å². The summed E-state index contributed by atoms with van der Waals surface area (Å²) in [6.45, 7) is 6.28. The second-order valence-electron chi connectivity index (χ2n) is 7.45. The van der Waals surface area contributed by atoms with Crippen LogP contribution in [0.3, 0.4) is 0 Å². The largest absolute Gasteiger partial charge is 0.287 e. The van der Waals surface area contributed by atoms with E-state index in [1.165, 1.54) is 30.3 Å². The molecule has 0 saturated heterocycles. The molecule has 2 aromatic carbocycles. The molecule has 3 aromatic rings. The number of hydrogen-bond donors (Lipinski definition) is 3. The molecule has 0 saturated carbocycles. The summed E-state index contributed by atoms with van der Waals surface area (Å²) < 4.78 is 29.4. The molecule has 11 heteroatoms. The smallest absolute Gasteiger partial charge is 0.278 e. The van der Waals surface area contributed by atoms with Crippen LogP contribution in [0.1, 0.15) is 53.2 Å². The van der Waals surface area contributed by atoms with Gasteiger partial charge in [-0.1, -0.05) is 43.6 Å². The fraction of sp³-hybridized carbons (Fsp3) is 0.227. The molecule has 9 nitrogen and oxygen atoms in total. The Bertz CT molecular complexity index is 1290. The van der Waals surface area contributed by atoms with Gasteiger partial charge >= 0.3 is 0 Å². The molecule has 2 amide bonds. The molecule has 0 aliphatic heterocycles. The van der Waals surface area contributed by atoms with Gasteiger partial charge in [0.2, 0.25) is 0 Å². The molecule has 3 rings (SSSR count). The van der Waals surface area contributed by atoms with Gasteiger partial charge in [0.05, 0.1) is 21.3 Å². The third-order valence-corrected chi connectivity index (χ3v) is 6.43. The van der Waals surface area contributed by atoms with Gasteiger partial charge in [-0.15, -0.1) is 0 Å². The highest BCUT2D eigenvalue weighted by molar-refractivity contribution is 7.92. The van der Waals surface area contributed by atoms with Gasteiger partial charge in [0.25, 0.3) is 21.8 Å². The zero-order valence-corrected chi connectivity index (χ0v) is 19.9. The second-order valence-corrected chi connectivity index (χ2v) is 9.54. The SMILES string of the molecule is CCn1nc(C(C)C)cc1C(=O)NNC(=O)c1cccc(S(=O)(=O)Nc2ccccc2Cl)c1. The van der Waals surface area contributed by atoms with Crippen molar-refractivity contribution in [1.82, 2.24) is 20.6 Å². The molecule has 0 atom stereocenters. The number of hydrogen-bond acceptors (Lipinski definition) is 5. The van der Waals surface area contributed by atoms with Crippen LogP contribution in [0, 0.1) is 0 Å². The molecule has 1 aromatic heterocycles. The Morgan fingerprint density at radius 2 is 1.73 bits per heavy atom. The highest BCUT2D eigenvalue weighted by Gasteiger charge is 2.19. The van der Waals surface area contributed by atoms with Gasteiger partial charge in [-0.05, 0) is 49.2 Å². The molecule has 0 spiro atoms. The van der Waals surface area contributed by atoms with E-state index in [1.807, 2.05) is 20.8 Å². The molecule has 0 aliphatic carbocycles. The molecule has 174 valence electrons. The first-order chi connectivity index (χ1) is 15.6. The normalized spacial score (nSPS) is 11.3. The number of benzene rings is 2. The predicted molar refractivity (Wildman–Crippen MR) is 126 cm³/mol. The van der Waals surface area contributed by atoms with Gasteiger partial charge in [-0.25, -0.2) is 8.42 Å². The molecule has 33 heavy (non-hydrogen) atoms. The summed E-state index contributed by atoms with van der Waals surface area (Å²) in [6, 6.07) is 13.5. The quantitative estimate of drug-likeness (QED) is 0.438. The summed E-state index contributed by atoms with van der Waals surface area (Å²) in [5, 5.41) is 4.61. The Balaban J connectivity index is 1.72. The predicted octanol–water partition coefficient (Wildman–Crippen LogP) is 3.56. The highest BCUT2D eigenvalue weighted by atomic mass is 35.5. The molecule has 0 aliphatic rings. The fourth-order valence-electron chi connectivity index (χ4n) is 2.94. The Morgan fingerprint density at radius 3 is 2.39 bits per heavy atom. The van der Waals surface area contributed by atoms with Crippen molar-refractivity contribution in [3.63, 3.8) is 0 Å². The Kier molecular flexibility index (Phi) is 7.39. The van der Waals surface area contributed by atoms with Crippen LogP contribution >= 0.6 is 11.6 Å². The fourth-order valence-corrected chi connectivity index (χ4v) is 4.31. The van der Waals surface area contributed by atoms with Crippen molar-refractivity contribution in [1.29, 1.82) is 0 Å². The zero-order chi connectivity index (χ0) is 24.2. The van der Waals surface area contributed by atoms with E-state index in [0.717, 1.165) is 5.69 Å². The third kappa shape index (κ3) is 5.71. The lowest BCUT2D eigenvalue weighted by molar-refractivity contribution is 0.0840. The van der Waals surface area contributed by atoms with Crippen LogP contribution in [0.25, 0.3) is 0 Å². The van der Waals surface area contributed by atoms with Crippen molar-refractivity contribution in [2.24, 2.45) is 0 Å². The van der Waals surface area contributed by atoms with Crippen molar-refractivity contribution in [3.8, 4) is 0 Å². The first-order valence-electron chi connectivity index (χ1n) is 10.2. The Morgan fingerprint density at radius 1 is 1.03 bits per heavy atom. The van der Waals surface area contributed by atoms with Crippen LogP contribution in [0.15, 0.2) is 59.5 Å². The number of carbonyl (C=O) groups excluding carboxylic acids is 2. The van der Waals surface area contributed by atoms with Crippen LogP contribution in [0.5, 0.6) is 0 Å². The van der Waals surface area contributed by atoms with E-state index >= 15 is 0 Å². The molecular weight excluding hydrogens is 466 g/mol. The molecular formula is C22H24ClN5O4S. The van der Waals surface area contributed by atoms with E-state index in [9.17, 15) is 18.0 Å². The summed E-state index contributed by atoms with van der Waals surface area (Å²) in [5.41, 5.74) is 5.99. The van der Waals surface area contributed by atoms with E-state index in [-0.39, 0.29) is 27.1 Å². The number of para-hydroxylation sites is 1. The number of halogens is 1. The summed E-state index contributed by atoms with van der Waals surface area (Å²) in [4.78, 5) is 25.0. The van der Waals surface area contributed by atoms with Gasteiger partial charge in [0, 0.05) is 12.1 Å². The van der Waals surface area contributed by atoms with E-state index in [1.54, 1.807) is 28.9 Å². The Hall–Kier alpha value is -3.37. The average molecular weight is 490 g/mol. The summed E-state index contributed by atoms with van der Waals surface area (Å²) >= 11 is 6.02. The van der Waals surface area contributed by atoms with E-state index in [2.05, 4.69) is 20.7 Å². The van der Waals surface area contributed by atoms with Crippen molar-refractivity contribution in [2.75, 3.05) is 4.72 Å². The number of nitrogens with one attached hydrogen (secondary N) is 3. The Labute approximate surface area is 197 Å². The van der Waals surface area contributed by atoms with E-state index in [0.29, 0.717) is 12.2 Å². The molecule has 3 N–H and O–H groups in total. The lowest BCUT2D eigenvalue weighted by Crippen LogP contribution is -2.42. The van der Waals surface area contributed by atoms with Crippen molar-refractivity contribution in [2.45, 2.75) is 38.1 Å². The minimum atomic E-state index is -3.99. The maximum atomic E-state index is 12.7. The zero-order valence-electron chi connectivity index (χ0n) is 18.3. The minimum absolute atomic E-state index is 0.0456. The van der Waals surface area contributed by atoms with Crippen molar-refractivity contribution < 1.29 is 18.0 Å². The highest BCUT2D eigenvalue weighted by Crippen LogP contribution is 2.24. The number of anilines is 1. The number of hydrazine groups is 1. The topological polar surface area (TPSA) is 122 Å². The lowest BCUT2D eigenvalue weighted by atomic mass is 10.1. The molecule has 0 fully saturated rings. The molecule has 1 heterocycles. The number of aromatic nitrogens is 2. The van der Waals surface area contributed by atoms with Gasteiger partial charge in [-0.3, -0.25) is 29.8 Å². The van der Waals surface area contributed by atoms with Gasteiger partial charge in [0.15, 0.2) is 0 Å². The van der Waals surface area contributed by atoms with Crippen LogP contribution < -0.4 is 15.6 Å². The van der Waals surface area contributed by atoms with Crippen LogP contribution in [-0.2, 0) is 16.6 Å². The number of amides is 2. The third-order valence-electron chi connectivity index (χ3n) is 4.74. The molecule has 0 unspecified atom stereocenters. The van der Waals surface area contributed by atoms with Gasteiger partial charge < -0.3 is 0 Å².